The number of hydrogen-bond acceptors (Lipinski definition) is 6. The van der Waals surface area contributed by atoms with E-state index in [1.54, 1.807) is 18.0 Å². The molecule has 5 rings (SSSR count). The molecule has 2 heterocycles. The zero-order valence-electron chi connectivity index (χ0n) is 16.5. The molecule has 0 bridgehead atoms. The lowest BCUT2D eigenvalue weighted by atomic mass is 10.0. The number of anilines is 1. The molecule has 0 aliphatic heterocycles. The zero-order valence-corrected chi connectivity index (χ0v) is 17.3. The Morgan fingerprint density at radius 2 is 1.71 bits per heavy atom. The van der Waals surface area contributed by atoms with E-state index in [1.807, 2.05) is 72.8 Å². The van der Waals surface area contributed by atoms with Crippen molar-refractivity contribution in [1.82, 2.24) is 19.8 Å². The smallest absolute Gasteiger partial charge is 0.255 e. The van der Waals surface area contributed by atoms with Gasteiger partial charge in [0, 0.05) is 11.1 Å². The molecule has 0 fully saturated rings. The summed E-state index contributed by atoms with van der Waals surface area (Å²) < 4.78 is 7.06. The Hall–Kier alpha value is -4.04. The molecule has 8 heteroatoms. The molecule has 0 spiro atoms. The van der Waals surface area contributed by atoms with Crippen molar-refractivity contribution in [3.8, 4) is 27.4 Å². The first kappa shape index (κ1) is 19.0. The summed E-state index contributed by atoms with van der Waals surface area (Å²) in [6.07, 6.45) is 1.56. The molecule has 0 atom stereocenters. The number of carbonyl (C=O) groups is 1. The monoisotopic (exact) mass is 427 g/mol. The first-order valence-electron chi connectivity index (χ1n) is 9.53. The fraction of sp³-hybridized carbons (Fsp3) is 0.0435. The van der Waals surface area contributed by atoms with Crippen molar-refractivity contribution >= 4 is 27.9 Å². The van der Waals surface area contributed by atoms with E-state index in [9.17, 15) is 4.79 Å². The average Bonchev–Trinajstić information content (AvgIpc) is 3.42. The molecule has 0 saturated heterocycles. The van der Waals surface area contributed by atoms with Gasteiger partial charge in [0.15, 0.2) is 0 Å². The maximum atomic E-state index is 12.9. The van der Waals surface area contributed by atoms with Gasteiger partial charge in [-0.3, -0.25) is 4.79 Å². The van der Waals surface area contributed by atoms with E-state index in [0.717, 1.165) is 21.7 Å². The third-order valence-corrected chi connectivity index (χ3v) is 5.80. The van der Waals surface area contributed by atoms with Gasteiger partial charge in [0.25, 0.3) is 5.91 Å². The van der Waals surface area contributed by atoms with Gasteiger partial charge in [-0.1, -0.05) is 53.8 Å². The molecule has 3 aromatic carbocycles. The van der Waals surface area contributed by atoms with E-state index >= 15 is 0 Å². The van der Waals surface area contributed by atoms with Gasteiger partial charge in [-0.2, -0.15) is 9.61 Å². The predicted molar refractivity (Wildman–Crippen MR) is 120 cm³/mol. The quantitative estimate of drug-likeness (QED) is 0.437. The van der Waals surface area contributed by atoms with Crippen molar-refractivity contribution in [3.05, 3.63) is 84.7 Å². The van der Waals surface area contributed by atoms with Crippen molar-refractivity contribution in [2.45, 2.75) is 0 Å². The molecule has 1 amide bonds. The number of nitrogens with zero attached hydrogens (tertiary/aromatic N) is 4. The van der Waals surface area contributed by atoms with Gasteiger partial charge in [-0.05, 0) is 41.5 Å². The maximum Gasteiger partial charge on any atom is 0.255 e. The number of benzene rings is 3. The lowest BCUT2D eigenvalue weighted by molar-refractivity contribution is 0.102. The van der Waals surface area contributed by atoms with Crippen molar-refractivity contribution in [1.29, 1.82) is 0 Å². The van der Waals surface area contributed by atoms with Crippen LogP contribution < -0.4 is 10.1 Å². The number of rotatable bonds is 5. The lowest BCUT2D eigenvalue weighted by Crippen LogP contribution is -2.12. The number of hydrogen-bond donors (Lipinski definition) is 1. The molecular weight excluding hydrogens is 410 g/mol. The highest BCUT2D eigenvalue weighted by atomic mass is 32.1. The number of fused-ring (bicyclic) bond motifs is 1. The predicted octanol–water partition coefficient (Wildman–Crippen LogP) is 4.78. The second-order valence-electron chi connectivity index (χ2n) is 6.78. The van der Waals surface area contributed by atoms with Crippen LogP contribution in [0.15, 0.2) is 79.1 Å². The molecule has 5 aromatic rings. The SMILES string of the molecule is COc1ccc(-c2nn3cnnc3s2)cc1NC(=O)c1ccc(-c2ccccc2)cc1. The Morgan fingerprint density at radius 1 is 0.968 bits per heavy atom. The van der Waals surface area contributed by atoms with Crippen LogP contribution in [-0.2, 0) is 0 Å². The molecule has 1 N–H and O–H groups in total. The highest BCUT2D eigenvalue weighted by molar-refractivity contribution is 7.19. The van der Waals surface area contributed by atoms with Crippen molar-refractivity contribution in [2.24, 2.45) is 0 Å². The third-order valence-electron chi connectivity index (χ3n) is 4.84. The summed E-state index contributed by atoms with van der Waals surface area (Å²) in [6.45, 7) is 0. The van der Waals surface area contributed by atoms with Crippen LogP contribution in [0.25, 0.3) is 26.7 Å². The van der Waals surface area contributed by atoms with Gasteiger partial charge in [0.05, 0.1) is 12.8 Å². The minimum Gasteiger partial charge on any atom is -0.495 e. The van der Waals surface area contributed by atoms with Crippen LogP contribution in [0.3, 0.4) is 0 Å². The van der Waals surface area contributed by atoms with Gasteiger partial charge >= 0.3 is 0 Å². The standard InChI is InChI=1S/C23H17N5O2S/c1-30-20-12-11-18(22-27-28-14-24-26-23(28)31-22)13-19(20)25-21(29)17-9-7-16(8-10-17)15-5-3-2-4-6-15/h2-14H,1H3,(H,25,29). The summed E-state index contributed by atoms with van der Waals surface area (Å²) in [5, 5.41) is 16.0. The van der Waals surface area contributed by atoms with Gasteiger partial charge < -0.3 is 10.1 Å². The number of amides is 1. The summed E-state index contributed by atoms with van der Waals surface area (Å²) in [5.74, 6) is 0.356. The van der Waals surface area contributed by atoms with E-state index in [0.29, 0.717) is 22.0 Å². The Kier molecular flexibility index (Phi) is 4.89. The highest BCUT2D eigenvalue weighted by Gasteiger charge is 2.14. The van der Waals surface area contributed by atoms with Gasteiger partial charge in [0.1, 0.15) is 17.1 Å². The van der Waals surface area contributed by atoms with E-state index < -0.39 is 0 Å². The van der Waals surface area contributed by atoms with Crippen molar-refractivity contribution < 1.29 is 9.53 Å². The van der Waals surface area contributed by atoms with E-state index in [1.165, 1.54) is 11.3 Å². The Morgan fingerprint density at radius 3 is 2.45 bits per heavy atom. The molecular formula is C23H17N5O2S. The Labute approximate surface area is 182 Å². The number of methoxy groups -OCH3 is 1. The van der Waals surface area contributed by atoms with Gasteiger partial charge in [0.2, 0.25) is 4.96 Å². The van der Waals surface area contributed by atoms with Crippen LogP contribution in [0.1, 0.15) is 10.4 Å². The fourth-order valence-corrected chi connectivity index (χ4v) is 4.07. The van der Waals surface area contributed by atoms with Gasteiger partial charge in [-0.25, -0.2) is 0 Å². The lowest BCUT2D eigenvalue weighted by Gasteiger charge is -2.12. The van der Waals surface area contributed by atoms with Crippen LogP contribution in [-0.4, -0.2) is 32.8 Å². The van der Waals surface area contributed by atoms with Crippen molar-refractivity contribution in [3.63, 3.8) is 0 Å². The highest BCUT2D eigenvalue weighted by Crippen LogP contribution is 2.33. The van der Waals surface area contributed by atoms with E-state index in [2.05, 4.69) is 20.6 Å². The summed E-state index contributed by atoms with van der Waals surface area (Å²) in [4.78, 5) is 13.6. The largest absolute Gasteiger partial charge is 0.495 e. The summed E-state index contributed by atoms with van der Waals surface area (Å²) in [7, 11) is 1.57. The molecule has 0 aliphatic rings. The Bertz CT molecular complexity index is 1330. The zero-order chi connectivity index (χ0) is 21.2. The van der Waals surface area contributed by atoms with Crippen LogP contribution in [0.4, 0.5) is 5.69 Å². The molecule has 0 saturated carbocycles. The maximum absolute atomic E-state index is 12.9. The second kappa shape index (κ2) is 8.00. The molecule has 7 nitrogen and oxygen atoms in total. The number of ether oxygens (including phenoxy) is 1. The molecule has 0 aliphatic carbocycles. The third kappa shape index (κ3) is 3.76. The topological polar surface area (TPSA) is 81.4 Å². The Balaban J connectivity index is 1.40. The summed E-state index contributed by atoms with van der Waals surface area (Å²) in [6, 6.07) is 23.1. The first-order valence-corrected chi connectivity index (χ1v) is 10.3. The normalized spacial score (nSPS) is 10.9. The van der Waals surface area contributed by atoms with Crippen LogP contribution in [0.5, 0.6) is 5.75 Å². The fourth-order valence-electron chi connectivity index (χ4n) is 3.25. The van der Waals surface area contributed by atoms with Crippen LogP contribution in [0.2, 0.25) is 0 Å². The average molecular weight is 427 g/mol. The summed E-state index contributed by atoms with van der Waals surface area (Å²) in [5.41, 5.74) is 4.15. The molecule has 0 radical (unpaired) electrons. The molecule has 0 unspecified atom stereocenters. The minimum absolute atomic E-state index is 0.215. The molecule has 2 aromatic heterocycles. The minimum atomic E-state index is -0.215. The molecule has 152 valence electrons. The van der Waals surface area contributed by atoms with E-state index in [-0.39, 0.29) is 5.91 Å². The van der Waals surface area contributed by atoms with Crippen molar-refractivity contribution in [2.75, 3.05) is 12.4 Å². The number of aromatic nitrogens is 4. The number of nitrogens with one attached hydrogen (secondary N) is 1. The van der Waals surface area contributed by atoms with Crippen LogP contribution >= 0.6 is 11.3 Å². The van der Waals surface area contributed by atoms with Crippen LogP contribution in [0, 0.1) is 0 Å². The first-order chi connectivity index (χ1) is 15.2. The van der Waals surface area contributed by atoms with E-state index in [4.69, 9.17) is 4.74 Å². The van der Waals surface area contributed by atoms with Gasteiger partial charge in [-0.15, -0.1) is 10.2 Å². The second-order valence-corrected chi connectivity index (χ2v) is 7.73. The number of carbonyl (C=O) groups excluding carboxylic acids is 1. The summed E-state index contributed by atoms with van der Waals surface area (Å²) >= 11 is 1.42. The molecule has 31 heavy (non-hydrogen) atoms.